The third kappa shape index (κ3) is 4.40. The molecule has 54 heavy (non-hydrogen) atoms. The van der Waals surface area contributed by atoms with Gasteiger partial charge in [0.05, 0.1) is 27.8 Å². The molecule has 3 heterocycles. The van der Waals surface area contributed by atoms with Crippen molar-refractivity contribution in [2.45, 2.75) is 44.9 Å². The smallest absolute Gasteiger partial charge is 0.227 e. The number of hydrogen-bond acceptors (Lipinski definition) is 2. The molecule has 0 atom stereocenters. The van der Waals surface area contributed by atoms with Crippen molar-refractivity contribution in [3.63, 3.8) is 0 Å². The van der Waals surface area contributed by atoms with E-state index in [0.29, 0.717) is 5.89 Å². The summed E-state index contributed by atoms with van der Waals surface area (Å²) in [5.41, 5.74) is 15.2. The molecule has 4 heteroatoms. The van der Waals surface area contributed by atoms with Crippen molar-refractivity contribution in [3.8, 4) is 34.0 Å². The van der Waals surface area contributed by atoms with Gasteiger partial charge in [-0.15, -0.1) is 0 Å². The Morgan fingerprint density at radius 3 is 1.87 bits per heavy atom. The molecule has 0 spiro atoms. The SMILES string of the molecule is CC1(C)CC(C)(C)c2c(-n3c4ccccc4c4cc5c(cc43)c3ccccc3n5-c3ccc(-c4cccc5oc(-c6ccccc6)nc45)cc3)cccc21. The van der Waals surface area contributed by atoms with E-state index in [0.717, 1.165) is 39.9 Å². The number of fused-ring (bicyclic) bond motifs is 8. The van der Waals surface area contributed by atoms with E-state index in [1.54, 1.807) is 0 Å². The average molecular weight is 698 g/mol. The highest BCUT2D eigenvalue weighted by molar-refractivity contribution is 6.19. The molecule has 0 saturated heterocycles. The Hall–Kier alpha value is -6.39. The lowest BCUT2D eigenvalue weighted by Crippen LogP contribution is -2.18. The minimum atomic E-state index is 0.0583. The molecule has 4 nitrogen and oxygen atoms in total. The molecule has 0 unspecified atom stereocenters. The van der Waals surface area contributed by atoms with Gasteiger partial charge in [-0.1, -0.05) is 119 Å². The molecule has 11 rings (SSSR count). The summed E-state index contributed by atoms with van der Waals surface area (Å²) in [6, 6.07) is 54.7. The second kappa shape index (κ2) is 11.1. The number of rotatable bonds is 4. The Labute approximate surface area is 313 Å². The lowest BCUT2D eigenvalue weighted by atomic mass is 9.81. The molecule has 7 aromatic carbocycles. The van der Waals surface area contributed by atoms with Gasteiger partial charge in [0, 0.05) is 38.4 Å². The molecule has 0 bridgehead atoms. The number of hydrogen-bond donors (Lipinski definition) is 0. The van der Waals surface area contributed by atoms with Crippen LogP contribution in [0, 0.1) is 0 Å². The van der Waals surface area contributed by atoms with Gasteiger partial charge >= 0.3 is 0 Å². The number of nitrogens with zero attached hydrogens (tertiary/aromatic N) is 3. The van der Waals surface area contributed by atoms with E-state index in [2.05, 4.69) is 146 Å². The molecule has 0 saturated carbocycles. The van der Waals surface area contributed by atoms with Crippen LogP contribution in [0.4, 0.5) is 0 Å². The van der Waals surface area contributed by atoms with Crippen molar-refractivity contribution < 1.29 is 4.42 Å². The first-order valence-corrected chi connectivity index (χ1v) is 18.9. The zero-order valence-corrected chi connectivity index (χ0v) is 30.9. The Morgan fingerprint density at radius 2 is 1.15 bits per heavy atom. The zero-order chi connectivity index (χ0) is 36.3. The highest BCUT2D eigenvalue weighted by Crippen LogP contribution is 2.52. The maximum atomic E-state index is 6.21. The van der Waals surface area contributed by atoms with Gasteiger partial charge in [-0.2, -0.15) is 0 Å². The van der Waals surface area contributed by atoms with Gasteiger partial charge in [0.15, 0.2) is 5.58 Å². The van der Waals surface area contributed by atoms with Crippen LogP contribution in [0.2, 0.25) is 0 Å². The van der Waals surface area contributed by atoms with E-state index >= 15 is 0 Å². The summed E-state index contributed by atoms with van der Waals surface area (Å²) in [4.78, 5) is 4.95. The number of aromatic nitrogens is 3. The molecule has 0 N–H and O–H groups in total. The highest BCUT2D eigenvalue weighted by Gasteiger charge is 2.43. The van der Waals surface area contributed by atoms with Crippen molar-refractivity contribution in [1.29, 1.82) is 0 Å². The summed E-state index contributed by atoms with van der Waals surface area (Å²) in [6.45, 7) is 9.64. The second-order valence-electron chi connectivity index (χ2n) is 16.3. The normalized spacial score (nSPS) is 14.9. The first-order chi connectivity index (χ1) is 26.3. The summed E-state index contributed by atoms with van der Waals surface area (Å²) >= 11 is 0. The summed E-state index contributed by atoms with van der Waals surface area (Å²) < 4.78 is 11.2. The van der Waals surface area contributed by atoms with Crippen LogP contribution in [0.15, 0.2) is 156 Å². The van der Waals surface area contributed by atoms with Crippen molar-refractivity contribution in [3.05, 3.63) is 163 Å². The number of oxazole rings is 1. The standard InChI is InChI=1S/C50H39N3O/c1-49(2)30-50(3,4)46-39(49)19-13-22-42(46)53-41-21-11-9-17-36(41)38-28-43-37(29-44(38)53)35-16-8-10-20-40(35)52(43)33-26-24-31(25-27-33)34-18-12-23-45-47(34)51-48(54-45)32-14-6-5-7-15-32/h5-29H,30H2,1-4H3. The number of para-hydroxylation sites is 3. The first-order valence-electron chi connectivity index (χ1n) is 18.9. The molecule has 1 aliphatic carbocycles. The van der Waals surface area contributed by atoms with Crippen LogP contribution in [0.3, 0.4) is 0 Å². The molecule has 3 aromatic heterocycles. The molecule has 1 aliphatic rings. The molecular formula is C50H39N3O. The monoisotopic (exact) mass is 697 g/mol. The van der Waals surface area contributed by atoms with Crippen molar-refractivity contribution in [2.75, 3.05) is 0 Å². The third-order valence-electron chi connectivity index (χ3n) is 11.9. The minimum absolute atomic E-state index is 0.0583. The largest absolute Gasteiger partial charge is 0.436 e. The first kappa shape index (κ1) is 31.2. The van der Waals surface area contributed by atoms with Gasteiger partial charge in [-0.3, -0.25) is 0 Å². The Kier molecular flexibility index (Phi) is 6.39. The third-order valence-corrected chi connectivity index (χ3v) is 11.9. The predicted octanol–water partition coefficient (Wildman–Crippen LogP) is 13.3. The Bertz CT molecular complexity index is 3120. The molecule has 10 aromatic rings. The van der Waals surface area contributed by atoms with E-state index in [4.69, 9.17) is 9.40 Å². The van der Waals surface area contributed by atoms with Crippen LogP contribution in [0.1, 0.15) is 45.2 Å². The van der Waals surface area contributed by atoms with Crippen LogP contribution in [0.25, 0.3) is 88.7 Å². The highest BCUT2D eigenvalue weighted by atomic mass is 16.3. The Balaban J connectivity index is 1.11. The van der Waals surface area contributed by atoms with Gasteiger partial charge in [0.25, 0.3) is 0 Å². The zero-order valence-electron chi connectivity index (χ0n) is 30.9. The average Bonchev–Trinajstić information content (AvgIpc) is 3.91. The summed E-state index contributed by atoms with van der Waals surface area (Å²) in [7, 11) is 0. The van der Waals surface area contributed by atoms with Crippen LogP contribution in [0.5, 0.6) is 0 Å². The van der Waals surface area contributed by atoms with Crippen LogP contribution in [-0.2, 0) is 10.8 Å². The summed E-state index contributed by atoms with van der Waals surface area (Å²) in [5.74, 6) is 0.636. The van der Waals surface area contributed by atoms with Gasteiger partial charge in [0.2, 0.25) is 5.89 Å². The fraction of sp³-hybridized carbons (Fsp3) is 0.140. The maximum absolute atomic E-state index is 6.21. The molecule has 260 valence electrons. The summed E-state index contributed by atoms with van der Waals surface area (Å²) in [6.07, 6.45) is 1.13. The lowest BCUT2D eigenvalue weighted by molar-refractivity contribution is 0.403. The molecule has 0 radical (unpaired) electrons. The quantitative estimate of drug-likeness (QED) is 0.184. The topological polar surface area (TPSA) is 35.9 Å². The van der Waals surface area contributed by atoms with Crippen LogP contribution >= 0.6 is 0 Å². The molecular weight excluding hydrogens is 659 g/mol. The van der Waals surface area contributed by atoms with E-state index in [1.165, 1.54) is 60.4 Å². The van der Waals surface area contributed by atoms with Crippen molar-refractivity contribution in [1.82, 2.24) is 14.1 Å². The number of benzene rings is 7. The predicted molar refractivity (Wildman–Crippen MR) is 224 cm³/mol. The molecule has 0 amide bonds. The van der Waals surface area contributed by atoms with Crippen LogP contribution in [-0.4, -0.2) is 14.1 Å². The van der Waals surface area contributed by atoms with E-state index in [9.17, 15) is 0 Å². The fourth-order valence-corrected chi connectivity index (χ4v) is 9.93. The lowest BCUT2D eigenvalue weighted by Gasteiger charge is -2.24. The van der Waals surface area contributed by atoms with Gasteiger partial charge < -0.3 is 13.6 Å². The van der Waals surface area contributed by atoms with Gasteiger partial charge in [-0.05, 0) is 94.6 Å². The molecule has 0 aliphatic heterocycles. The molecule has 0 fully saturated rings. The van der Waals surface area contributed by atoms with E-state index in [-0.39, 0.29) is 10.8 Å². The Morgan fingerprint density at radius 1 is 0.519 bits per heavy atom. The summed E-state index contributed by atoms with van der Waals surface area (Å²) in [5, 5.41) is 5.03. The van der Waals surface area contributed by atoms with Crippen LogP contribution < -0.4 is 0 Å². The van der Waals surface area contributed by atoms with Crippen molar-refractivity contribution >= 4 is 54.7 Å². The van der Waals surface area contributed by atoms with E-state index in [1.807, 2.05) is 42.5 Å². The second-order valence-corrected chi connectivity index (χ2v) is 16.3. The fourth-order valence-electron chi connectivity index (χ4n) is 9.93. The van der Waals surface area contributed by atoms with Crippen molar-refractivity contribution in [2.24, 2.45) is 0 Å². The minimum Gasteiger partial charge on any atom is -0.436 e. The van der Waals surface area contributed by atoms with Gasteiger partial charge in [-0.25, -0.2) is 4.98 Å². The van der Waals surface area contributed by atoms with E-state index < -0.39 is 0 Å². The van der Waals surface area contributed by atoms with Gasteiger partial charge in [0.1, 0.15) is 5.52 Å². The maximum Gasteiger partial charge on any atom is 0.227 e.